The fourth-order valence-corrected chi connectivity index (χ4v) is 4.31. The first-order valence-electron chi connectivity index (χ1n) is 10.9. The van der Waals surface area contributed by atoms with E-state index in [-0.39, 0.29) is 24.1 Å². The number of benzene rings is 2. The first kappa shape index (κ1) is 24.0. The van der Waals surface area contributed by atoms with Gasteiger partial charge < -0.3 is 15.1 Å². The van der Waals surface area contributed by atoms with Gasteiger partial charge >= 0.3 is 0 Å². The fourth-order valence-electron chi connectivity index (χ4n) is 3.82. The lowest BCUT2D eigenvalue weighted by molar-refractivity contribution is -0.115. The Balaban J connectivity index is 1.33. The Morgan fingerprint density at radius 1 is 0.971 bits per heavy atom. The van der Waals surface area contributed by atoms with E-state index in [0.717, 1.165) is 24.3 Å². The Labute approximate surface area is 207 Å². The summed E-state index contributed by atoms with van der Waals surface area (Å²) >= 11 is 12.2. The van der Waals surface area contributed by atoms with Crippen molar-refractivity contribution in [2.24, 2.45) is 0 Å². The van der Waals surface area contributed by atoms with E-state index < -0.39 is 0 Å². The van der Waals surface area contributed by atoms with Crippen LogP contribution < -0.4 is 10.2 Å². The van der Waals surface area contributed by atoms with Gasteiger partial charge in [0, 0.05) is 31.2 Å². The van der Waals surface area contributed by atoms with Crippen LogP contribution in [-0.2, 0) is 11.2 Å². The highest BCUT2D eigenvalue weighted by Gasteiger charge is 2.22. The van der Waals surface area contributed by atoms with E-state index >= 15 is 0 Å². The number of rotatable bonds is 5. The number of hydrogen-bond donors (Lipinski definition) is 1. The maximum Gasteiger partial charge on any atom is 0.255 e. The van der Waals surface area contributed by atoms with Crippen LogP contribution in [0.4, 0.5) is 15.9 Å². The Morgan fingerprint density at radius 2 is 1.76 bits per heavy atom. The molecule has 1 aromatic heterocycles. The normalized spacial score (nSPS) is 14.0. The smallest absolute Gasteiger partial charge is 0.255 e. The maximum absolute atomic E-state index is 13.0. The minimum Gasteiger partial charge on any atom is -0.355 e. The molecule has 1 fully saturated rings. The lowest BCUT2D eigenvalue weighted by Crippen LogP contribution is -2.35. The molecule has 0 bridgehead atoms. The molecular formula is C25H23Cl2FN4O2. The minimum absolute atomic E-state index is 0.115. The first-order valence-corrected chi connectivity index (χ1v) is 11.6. The molecule has 0 saturated carbocycles. The third-order valence-electron chi connectivity index (χ3n) is 5.58. The van der Waals surface area contributed by atoms with E-state index in [2.05, 4.69) is 15.2 Å². The predicted octanol–water partition coefficient (Wildman–Crippen LogP) is 5.06. The Hall–Kier alpha value is -3.16. The van der Waals surface area contributed by atoms with Gasteiger partial charge in [0.15, 0.2) is 0 Å². The molecule has 0 aliphatic carbocycles. The van der Waals surface area contributed by atoms with Crippen LogP contribution >= 0.6 is 23.2 Å². The number of carbonyl (C=O) groups excluding carboxylic acids is 2. The van der Waals surface area contributed by atoms with Crippen LogP contribution in [0.1, 0.15) is 22.3 Å². The van der Waals surface area contributed by atoms with Crippen molar-refractivity contribution in [2.45, 2.75) is 12.8 Å². The molecule has 1 saturated heterocycles. The summed E-state index contributed by atoms with van der Waals surface area (Å²) in [5.74, 6) is 0.121. The van der Waals surface area contributed by atoms with Crippen LogP contribution in [0, 0.1) is 5.82 Å². The molecule has 0 atom stereocenters. The van der Waals surface area contributed by atoms with Crippen molar-refractivity contribution in [3.8, 4) is 0 Å². The van der Waals surface area contributed by atoms with Crippen molar-refractivity contribution in [2.75, 3.05) is 36.4 Å². The molecule has 1 aliphatic heterocycles. The second-order valence-electron chi connectivity index (χ2n) is 8.01. The number of amides is 2. The highest BCUT2D eigenvalue weighted by atomic mass is 35.5. The van der Waals surface area contributed by atoms with Crippen molar-refractivity contribution in [3.05, 3.63) is 87.8 Å². The van der Waals surface area contributed by atoms with Crippen LogP contribution in [0.2, 0.25) is 10.0 Å². The van der Waals surface area contributed by atoms with Crippen LogP contribution in [0.3, 0.4) is 0 Å². The summed E-state index contributed by atoms with van der Waals surface area (Å²) in [6.45, 7) is 2.53. The molecule has 0 spiro atoms. The van der Waals surface area contributed by atoms with E-state index in [1.165, 1.54) is 12.1 Å². The van der Waals surface area contributed by atoms with Crippen LogP contribution in [-0.4, -0.2) is 47.9 Å². The van der Waals surface area contributed by atoms with Gasteiger partial charge in [-0.25, -0.2) is 9.37 Å². The van der Waals surface area contributed by atoms with Gasteiger partial charge in [-0.2, -0.15) is 0 Å². The van der Waals surface area contributed by atoms with Crippen molar-refractivity contribution >= 4 is 46.5 Å². The molecule has 1 aliphatic rings. The number of halogens is 3. The SMILES string of the molecule is O=C(Cc1ccc(F)cc1)Nc1ccc(N2CCCN(C(=O)c3ccc(Cl)cc3Cl)CC2)nc1. The second kappa shape index (κ2) is 10.8. The standard InChI is InChI=1S/C25H23Cl2FN4O2/c26-18-4-8-21(22(27)15-18)25(34)32-11-1-10-31(12-13-32)23-9-7-20(16-29-23)30-24(33)14-17-2-5-19(28)6-3-17/h2-9,15-16H,1,10-14H2,(H,30,33). The Kier molecular flexibility index (Phi) is 7.65. The highest BCUT2D eigenvalue weighted by Crippen LogP contribution is 2.23. The van der Waals surface area contributed by atoms with Crippen molar-refractivity contribution < 1.29 is 14.0 Å². The van der Waals surface area contributed by atoms with Gasteiger partial charge in [-0.05, 0) is 54.4 Å². The molecule has 2 heterocycles. The van der Waals surface area contributed by atoms with Crippen molar-refractivity contribution in [1.29, 1.82) is 0 Å². The van der Waals surface area contributed by atoms with Gasteiger partial charge in [0.25, 0.3) is 5.91 Å². The van der Waals surface area contributed by atoms with Gasteiger partial charge in [-0.15, -0.1) is 0 Å². The average Bonchev–Trinajstić information content (AvgIpc) is 3.07. The third kappa shape index (κ3) is 6.04. The fraction of sp³-hybridized carbons (Fsp3) is 0.240. The number of nitrogens with zero attached hydrogens (tertiary/aromatic N) is 3. The quantitative estimate of drug-likeness (QED) is 0.531. The summed E-state index contributed by atoms with van der Waals surface area (Å²) in [7, 11) is 0. The number of aromatic nitrogens is 1. The van der Waals surface area contributed by atoms with E-state index in [1.807, 2.05) is 6.07 Å². The number of anilines is 2. The number of nitrogens with one attached hydrogen (secondary N) is 1. The Morgan fingerprint density at radius 3 is 2.47 bits per heavy atom. The van der Waals surface area contributed by atoms with Gasteiger partial charge in [0.1, 0.15) is 11.6 Å². The molecule has 1 N–H and O–H groups in total. The molecule has 3 aromatic rings. The number of pyridine rings is 1. The number of carbonyl (C=O) groups is 2. The zero-order valence-corrected chi connectivity index (χ0v) is 19.8. The Bertz CT molecular complexity index is 1170. The number of hydrogen-bond acceptors (Lipinski definition) is 4. The first-order chi connectivity index (χ1) is 16.4. The molecule has 0 radical (unpaired) electrons. The second-order valence-corrected chi connectivity index (χ2v) is 8.86. The summed E-state index contributed by atoms with van der Waals surface area (Å²) in [6.07, 6.45) is 2.55. The molecule has 2 aromatic carbocycles. The summed E-state index contributed by atoms with van der Waals surface area (Å²) < 4.78 is 13.0. The van der Waals surface area contributed by atoms with Gasteiger partial charge in [0.05, 0.1) is 28.9 Å². The molecule has 6 nitrogen and oxygen atoms in total. The van der Waals surface area contributed by atoms with E-state index in [0.29, 0.717) is 40.9 Å². The molecule has 4 rings (SSSR count). The topological polar surface area (TPSA) is 65.5 Å². The predicted molar refractivity (Wildman–Crippen MR) is 132 cm³/mol. The largest absolute Gasteiger partial charge is 0.355 e. The van der Waals surface area contributed by atoms with Gasteiger partial charge in [0.2, 0.25) is 5.91 Å². The molecule has 176 valence electrons. The molecule has 0 unspecified atom stereocenters. The highest BCUT2D eigenvalue weighted by molar-refractivity contribution is 6.36. The molecule has 2 amide bonds. The van der Waals surface area contributed by atoms with Gasteiger partial charge in [-0.3, -0.25) is 9.59 Å². The lowest BCUT2D eigenvalue weighted by Gasteiger charge is -2.23. The molecule has 9 heteroatoms. The molecule has 34 heavy (non-hydrogen) atoms. The van der Waals surface area contributed by atoms with E-state index in [1.54, 1.807) is 47.5 Å². The summed E-state index contributed by atoms with van der Waals surface area (Å²) in [5.41, 5.74) is 1.75. The summed E-state index contributed by atoms with van der Waals surface area (Å²) in [5, 5.41) is 3.64. The molecular weight excluding hydrogens is 478 g/mol. The monoisotopic (exact) mass is 500 g/mol. The van der Waals surface area contributed by atoms with Crippen molar-refractivity contribution in [3.63, 3.8) is 0 Å². The lowest BCUT2D eigenvalue weighted by atomic mass is 10.1. The third-order valence-corrected chi connectivity index (χ3v) is 6.13. The van der Waals surface area contributed by atoms with Crippen LogP contribution in [0.25, 0.3) is 0 Å². The summed E-state index contributed by atoms with van der Waals surface area (Å²) in [6, 6.07) is 14.4. The average molecular weight is 501 g/mol. The van der Waals surface area contributed by atoms with Crippen molar-refractivity contribution in [1.82, 2.24) is 9.88 Å². The minimum atomic E-state index is -0.335. The van der Waals surface area contributed by atoms with Crippen LogP contribution in [0.15, 0.2) is 60.8 Å². The zero-order chi connectivity index (χ0) is 24.1. The van der Waals surface area contributed by atoms with Crippen LogP contribution in [0.5, 0.6) is 0 Å². The van der Waals surface area contributed by atoms with Gasteiger partial charge in [-0.1, -0.05) is 35.3 Å². The van der Waals surface area contributed by atoms with E-state index in [9.17, 15) is 14.0 Å². The van der Waals surface area contributed by atoms with E-state index in [4.69, 9.17) is 23.2 Å². The summed E-state index contributed by atoms with van der Waals surface area (Å²) in [4.78, 5) is 33.6. The maximum atomic E-state index is 13.0. The zero-order valence-electron chi connectivity index (χ0n) is 18.3.